The first-order chi connectivity index (χ1) is 14.6. The second-order valence-corrected chi connectivity index (χ2v) is 8.64. The molecule has 2 aliphatic heterocycles. The zero-order chi connectivity index (χ0) is 20.7. The van der Waals surface area contributed by atoms with E-state index in [2.05, 4.69) is 17.5 Å². The standard InChI is InChI=1S/C23H27N3O4/c27-21-19-16-6-7-17(9-8-16)20(19)22(28)26(21)18(14-15-4-2-1-3-5-15)24-23(29)25-10-12-30-13-11-25/h1-7,16-20H,8-14H2,(H,24,29)/t16-,17-,18-,19-,20-/m0/s1. The minimum absolute atomic E-state index is 0.132. The molecule has 2 heterocycles. The van der Waals surface area contributed by atoms with E-state index < -0.39 is 6.17 Å². The van der Waals surface area contributed by atoms with Gasteiger partial charge in [0.05, 0.1) is 25.0 Å². The molecular weight excluding hydrogens is 382 g/mol. The van der Waals surface area contributed by atoms with Crippen LogP contribution in [0.25, 0.3) is 0 Å². The number of likely N-dealkylation sites (tertiary alicyclic amines) is 1. The molecule has 5 aliphatic rings. The van der Waals surface area contributed by atoms with Crippen molar-refractivity contribution in [3.05, 3.63) is 48.0 Å². The Morgan fingerprint density at radius 2 is 1.60 bits per heavy atom. The molecule has 7 nitrogen and oxygen atoms in total. The van der Waals surface area contributed by atoms with E-state index in [9.17, 15) is 14.4 Å². The van der Waals surface area contributed by atoms with Gasteiger partial charge in [0.1, 0.15) is 6.17 Å². The van der Waals surface area contributed by atoms with Gasteiger partial charge in [-0.2, -0.15) is 0 Å². The SMILES string of the molecule is O=C(N[C@H](Cc1ccccc1)N1C(=O)[C@@H]2[C@@H](C1=O)[C@H]1C=C[C@H]2CC1)N1CCOCC1. The van der Waals surface area contributed by atoms with Crippen LogP contribution in [0.5, 0.6) is 0 Å². The van der Waals surface area contributed by atoms with Gasteiger partial charge in [0.25, 0.3) is 0 Å². The van der Waals surface area contributed by atoms with E-state index in [0.29, 0.717) is 32.7 Å². The summed E-state index contributed by atoms with van der Waals surface area (Å²) in [7, 11) is 0. The third-order valence-corrected chi connectivity index (χ3v) is 6.97. The number of morpholine rings is 1. The van der Waals surface area contributed by atoms with Crippen LogP contribution in [0.3, 0.4) is 0 Å². The lowest BCUT2D eigenvalue weighted by Gasteiger charge is -2.38. The second kappa shape index (κ2) is 7.87. The molecule has 1 aromatic carbocycles. The first-order valence-corrected chi connectivity index (χ1v) is 10.9. The summed E-state index contributed by atoms with van der Waals surface area (Å²) in [5, 5.41) is 2.99. The van der Waals surface area contributed by atoms with Crippen molar-refractivity contribution in [3.8, 4) is 0 Å². The van der Waals surface area contributed by atoms with Gasteiger partial charge in [-0.05, 0) is 30.2 Å². The number of ether oxygens (including phenoxy) is 1. The van der Waals surface area contributed by atoms with Crippen molar-refractivity contribution in [3.63, 3.8) is 0 Å². The number of urea groups is 1. The largest absolute Gasteiger partial charge is 0.378 e. The zero-order valence-corrected chi connectivity index (χ0v) is 16.9. The number of rotatable bonds is 4. The highest BCUT2D eigenvalue weighted by molar-refractivity contribution is 6.06. The molecule has 30 heavy (non-hydrogen) atoms. The Morgan fingerprint density at radius 1 is 1.00 bits per heavy atom. The summed E-state index contributed by atoms with van der Waals surface area (Å²) in [4.78, 5) is 42.8. The third kappa shape index (κ3) is 3.31. The number of carbonyl (C=O) groups is 3. The first kappa shape index (κ1) is 19.3. The maximum absolute atomic E-state index is 13.4. The minimum atomic E-state index is -0.687. The summed E-state index contributed by atoms with van der Waals surface area (Å²) in [6.07, 6.45) is 5.85. The molecule has 1 aromatic rings. The van der Waals surface area contributed by atoms with Gasteiger partial charge in [0.15, 0.2) is 0 Å². The maximum atomic E-state index is 13.4. The molecule has 1 saturated carbocycles. The summed E-state index contributed by atoms with van der Waals surface area (Å²) in [5.74, 6) is -0.554. The van der Waals surface area contributed by atoms with Crippen LogP contribution in [0.2, 0.25) is 0 Å². The monoisotopic (exact) mass is 409 g/mol. The van der Waals surface area contributed by atoms with Gasteiger partial charge in [-0.3, -0.25) is 14.5 Å². The van der Waals surface area contributed by atoms with Gasteiger partial charge in [0.2, 0.25) is 11.8 Å². The van der Waals surface area contributed by atoms with Gasteiger partial charge in [0, 0.05) is 19.5 Å². The van der Waals surface area contributed by atoms with Crippen molar-refractivity contribution in [2.24, 2.45) is 23.7 Å². The Morgan fingerprint density at radius 3 is 2.17 bits per heavy atom. The second-order valence-electron chi connectivity index (χ2n) is 8.64. The minimum Gasteiger partial charge on any atom is -0.378 e. The molecule has 7 heteroatoms. The average molecular weight is 409 g/mol. The Labute approximate surface area is 176 Å². The Bertz CT molecular complexity index is 832. The smallest absolute Gasteiger partial charge is 0.319 e. The number of hydrogen-bond donors (Lipinski definition) is 1. The van der Waals surface area contributed by atoms with Crippen LogP contribution in [-0.2, 0) is 20.7 Å². The molecule has 0 spiro atoms. The lowest BCUT2D eigenvalue weighted by Crippen LogP contribution is -2.57. The number of nitrogens with one attached hydrogen (secondary N) is 1. The third-order valence-electron chi connectivity index (χ3n) is 6.97. The highest BCUT2D eigenvalue weighted by Crippen LogP contribution is 2.50. The number of imide groups is 1. The van der Waals surface area contributed by atoms with E-state index in [1.54, 1.807) is 4.90 Å². The Kier molecular flexibility index (Phi) is 5.06. The molecule has 4 amide bonds. The van der Waals surface area contributed by atoms with Crippen LogP contribution in [0, 0.1) is 23.7 Å². The van der Waals surface area contributed by atoms with E-state index in [0.717, 1.165) is 18.4 Å². The van der Waals surface area contributed by atoms with Crippen molar-refractivity contribution < 1.29 is 19.1 Å². The number of carbonyl (C=O) groups excluding carboxylic acids is 3. The van der Waals surface area contributed by atoms with Crippen LogP contribution in [0.15, 0.2) is 42.5 Å². The number of allylic oxidation sites excluding steroid dienone is 2. The lowest BCUT2D eigenvalue weighted by molar-refractivity contribution is -0.143. The molecule has 3 aliphatic carbocycles. The van der Waals surface area contributed by atoms with Crippen molar-refractivity contribution in [1.29, 1.82) is 0 Å². The fourth-order valence-corrected chi connectivity index (χ4v) is 5.45. The quantitative estimate of drug-likeness (QED) is 0.608. The number of fused-ring (bicyclic) bond motifs is 1. The molecule has 2 saturated heterocycles. The maximum Gasteiger partial charge on any atom is 0.319 e. The summed E-state index contributed by atoms with van der Waals surface area (Å²) in [5.41, 5.74) is 0.973. The fourth-order valence-electron chi connectivity index (χ4n) is 5.45. The van der Waals surface area contributed by atoms with E-state index in [1.165, 1.54) is 4.90 Å². The Hall–Kier alpha value is -2.67. The van der Waals surface area contributed by atoms with E-state index >= 15 is 0 Å². The number of benzene rings is 1. The molecule has 0 unspecified atom stereocenters. The first-order valence-electron chi connectivity index (χ1n) is 10.9. The molecule has 1 N–H and O–H groups in total. The van der Waals surface area contributed by atoms with Crippen molar-refractivity contribution in [1.82, 2.24) is 15.1 Å². The molecule has 0 aromatic heterocycles. The fraction of sp³-hybridized carbons (Fsp3) is 0.522. The molecule has 158 valence electrons. The van der Waals surface area contributed by atoms with Crippen molar-refractivity contribution in [2.45, 2.75) is 25.4 Å². The van der Waals surface area contributed by atoms with Crippen LogP contribution in [0.4, 0.5) is 4.79 Å². The predicted octanol–water partition coefficient (Wildman–Crippen LogP) is 1.79. The predicted molar refractivity (Wildman–Crippen MR) is 109 cm³/mol. The topological polar surface area (TPSA) is 79.0 Å². The van der Waals surface area contributed by atoms with Crippen LogP contribution in [-0.4, -0.2) is 60.1 Å². The number of nitrogens with zero attached hydrogens (tertiary/aromatic N) is 2. The van der Waals surface area contributed by atoms with Crippen molar-refractivity contribution in [2.75, 3.05) is 26.3 Å². The molecule has 6 rings (SSSR count). The summed E-state index contributed by atoms with van der Waals surface area (Å²) < 4.78 is 5.33. The van der Waals surface area contributed by atoms with Crippen LogP contribution in [0.1, 0.15) is 18.4 Å². The normalized spacial score (nSPS) is 31.1. The molecule has 0 radical (unpaired) electrons. The van der Waals surface area contributed by atoms with Gasteiger partial charge in [-0.15, -0.1) is 0 Å². The van der Waals surface area contributed by atoms with Crippen molar-refractivity contribution >= 4 is 17.8 Å². The molecule has 2 bridgehead atoms. The highest BCUT2D eigenvalue weighted by Gasteiger charge is 2.58. The summed E-state index contributed by atoms with van der Waals surface area (Å²) >= 11 is 0. The molecule has 3 fully saturated rings. The zero-order valence-electron chi connectivity index (χ0n) is 16.9. The van der Waals surface area contributed by atoms with E-state index in [4.69, 9.17) is 4.74 Å². The summed E-state index contributed by atoms with van der Waals surface area (Å²) in [6.45, 7) is 2.01. The van der Waals surface area contributed by atoms with Crippen LogP contribution >= 0.6 is 0 Å². The molecule has 5 atom stereocenters. The van der Waals surface area contributed by atoms with E-state index in [1.807, 2.05) is 30.3 Å². The lowest BCUT2D eigenvalue weighted by atomic mass is 9.63. The van der Waals surface area contributed by atoms with Crippen LogP contribution < -0.4 is 5.32 Å². The number of hydrogen-bond acceptors (Lipinski definition) is 4. The van der Waals surface area contributed by atoms with Gasteiger partial charge < -0.3 is 15.0 Å². The van der Waals surface area contributed by atoms with E-state index in [-0.39, 0.29) is 41.5 Å². The average Bonchev–Trinajstić information content (AvgIpc) is 3.08. The number of amides is 4. The molecular formula is C23H27N3O4. The van der Waals surface area contributed by atoms with Gasteiger partial charge in [-0.25, -0.2) is 4.79 Å². The Balaban J connectivity index is 1.41. The summed E-state index contributed by atoms with van der Waals surface area (Å²) in [6, 6.07) is 9.43. The van der Waals surface area contributed by atoms with Gasteiger partial charge in [-0.1, -0.05) is 42.5 Å². The highest BCUT2D eigenvalue weighted by atomic mass is 16.5. The van der Waals surface area contributed by atoms with Gasteiger partial charge >= 0.3 is 6.03 Å².